The second-order valence-corrected chi connectivity index (χ2v) is 3.26. The summed E-state index contributed by atoms with van der Waals surface area (Å²) in [6.07, 6.45) is 3.07. The first-order chi connectivity index (χ1) is 7.70. The molecule has 2 rings (SSSR count). The van der Waals surface area contributed by atoms with E-state index in [-0.39, 0.29) is 11.1 Å². The molecule has 1 heterocycles. The molecular formula is C12H9FN2O. The topological polar surface area (TPSA) is 56.0 Å². The van der Waals surface area contributed by atoms with E-state index in [1.807, 2.05) is 0 Å². The molecule has 0 unspecified atom stereocenters. The lowest BCUT2D eigenvalue weighted by Gasteiger charge is -2.07. The van der Waals surface area contributed by atoms with Crippen LogP contribution in [0.2, 0.25) is 0 Å². The minimum absolute atomic E-state index is 0.172. The predicted octanol–water partition coefficient (Wildman–Crippen LogP) is 1.99. The van der Waals surface area contributed by atoms with E-state index in [2.05, 4.69) is 4.98 Å². The van der Waals surface area contributed by atoms with Gasteiger partial charge in [0.2, 0.25) is 5.91 Å². The quantitative estimate of drug-likeness (QED) is 0.834. The number of carbonyl (C=O) groups excluding carboxylic acids is 1. The third-order valence-electron chi connectivity index (χ3n) is 2.25. The minimum atomic E-state index is -0.647. The van der Waals surface area contributed by atoms with Gasteiger partial charge in [0.25, 0.3) is 0 Å². The molecule has 80 valence electrons. The first-order valence-electron chi connectivity index (χ1n) is 4.69. The number of hydrogen-bond donors (Lipinski definition) is 1. The number of amides is 1. The molecule has 3 nitrogen and oxygen atoms in total. The van der Waals surface area contributed by atoms with Gasteiger partial charge in [0.05, 0.1) is 0 Å². The van der Waals surface area contributed by atoms with Crippen LogP contribution in [-0.2, 0) is 0 Å². The zero-order chi connectivity index (χ0) is 11.5. The van der Waals surface area contributed by atoms with Gasteiger partial charge in [-0.3, -0.25) is 9.78 Å². The fourth-order valence-corrected chi connectivity index (χ4v) is 1.54. The Kier molecular flexibility index (Phi) is 2.64. The van der Waals surface area contributed by atoms with Crippen molar-refractivity contribution in [1.29, 1.82) is 0 Å². The van der Waals surface area contributed by atoms with Crippen molar-refractivity contribution in [1.82, 2.24) is 4.98 Å². The Labute approximate surface area is 91.7 Å². The Hall–Kier alpha value is -2.23. The maximum atomic E-state index is 13.7. The molecule has 0 spiro atoms. The summed E-state index contributed by atoms with van der Waals surface area (Å²) in [7, 11) is 0. The molecule has 0 saturated heterocycles. The van der Waals surface area contributed by atoms with Crippen LogP contribution in [-0.4, -0.2) is 10.9 Å². The van der Waals surface area contributed by atoms with Crippen LogP contribution in [0.5, 0.6) is 0 Å². The highest BCUT2D eigenvalue weighted by molar-refractivity contribution is 5.99. The number of rotatable bonds is 2. The lowest BCUT2D eigenvalue weighted by molar-refractivity contribution is 0.100. The van der Waals surface area contributed by atoms with E-state index < -0.39 is 11.7 Å². The SMILES string of the molecule is NC(=O)c1cccc(F)c1-c1ccncc1. The maximum absolute atomic E-state index is 13.7. The van der Waals surface area contributed by atoms with Crippen LogP contribution < -0.4 is 5.73 Å². The van der Waals surface area contributed by atoms with Crippen LogP contribution >= 0.6 is 0 Å². The number of nitrogens with zero attached hydrogens (tertiary/aromatic N) is 1. The predicted molar refractivity (Wildman–Crippen MR) is 58.1 cm³/mol. The number of benzene rings is 1. The van der Waals surface area contributed by atoms with Crippen molar-refractivity contribution >= 4 is 5.91 Å². The van der Waals surface area contributed by atoms with Gasteiger partial charge in [-0.2, -0.15) is 0 Å². The van der Waals surface area contributed by atoms with Crippen molar-refractivity contribution in [2.45, 2.75) is 0 Å². The molecule has 16 heavy (non-hydrogen) atoms. The van der Waals surface area contributed by atoms with Crippen LogP contribution in [0.25, 0.3) is 11.1 Å². The third kappa shape index (κ3) is 1.77. The van der Waals surface area contributed by atoms with Gasteiger partial charge in [-0.25, -0.2) is 4.39 Å². The van der Waals surface area contributed by atoms with Crippen LogP contribution in [0.1, 0.15) is 10.4 Å². The molecule has 0 saturated carbocycles. The fourth-order valence-electron chi connectivity index (χ4n) is 1.54. The van der Waals surface area contributed by atoms with Gasteiger partial charge in [-0.05, 0) is 29.8 Å². The average Bonchev–Trinajstić information content (AvgIpc) is 2.29. The van der Waals surface area contributed by atoms with E-state index >= 15 is 0 Å². The third-order valence-corrected chi connectivity index (χ3v) is 2.25. The molecule has 0 radical (unpaired) electrons. The normalized spacial score (nSPS) is 10.1. The highest BCUT2D eigenvalue weighted by Gasteiger charge is 2.13. The van der Waals surface area contributed by atoms with Crippen molar-refractivity contribution < 1.29 is 9.18 Å². The van der Waals surface area contributed by atoms with E-state index in [0.29, 0.717) is 5.56 Å². The number of carbonyl (C=O) groups is 1. The summed E-state index contributed by atoms with van der Waals surface area (Å²) < 4.78 is 13.7. The summed E-state index contributed by atoms with van der Waals surface area (Å²) in [5.41, 5.74) is 6.18. The number of primary amides is 1. The van der Waals surface area contributed by atoms with Crippen molar-refractivity contribution in [3.8, 4) is 11.1 Å². The summed E-state index contributed by atoms with van der Waals surface area (Å²) in [5.74, 6) is -1.12. The average molecular weight is 216 g/mol. The van der Waals surface area contributed by atoms with Crippen LogP contribution in [0.3, 0.4) is 0 Å². The molecular weight excluding hydrogens is 207 g/mol. The van der Waals surface area contributed by atoms with E-state index in [9.17, 15) is 9.18 Å². The Morgan fingerprint density at radius 2 is 1.88 bits per heavy atom. The van der Waals surface area contributed by atoms with Crippen molar-refractivity contribution in [3.05, 3.63) is 54.1 Å². The Morgan fingerprint density at radius 1 is 1.19 bits per heavy atom. The van der Waals surface area contributed by atoms with E-state index in [1.54, 1.807) is 12.1 Å². The first kappa shape index (κ1) is 10.3. The molecule has 1 aromatic heterocycles. The van der Waals surface area contributed by atoms with Gasteiger partial charge >= 0.3 is 0 Å². The van der Waals surface area contributed by atoms with Crippen molar-refractivity contribution in [2.75, 3.05) is 0 Å². The molecule has 2 N–H and O–H groups in total. The number of nitrogens with two attached hydrogens (primary N) is 1. The summed E-state index contributed by atoms with van der Waals surface area (Å²) in [6.45, 7) is 0. The molecule has 0 bridgehead atoms. The molecule has 0 aliphatic carbocycles. The van der Waals surface area contributed by atoms with E-state index in [1.165, 1.54) is 30.6 Å². The molecule has 0 aliphatic rings. The minimum Gasteiger partial charge on any atom is -0.366 e. The Bertz CT molecular complexity index is 526. The second kappa shape index (κ2) is 4.10. The molecule has 0 aliphatic heterocycles. The van der Waals surface area contributed by atoms with Gasteiger partial charge in [0.15, 0.2) is 0 Å². The number of pyridine rings is 1. The smallest absolute Gasteiger partial charge is 0.249 e. The lowest BCUT2D eigenvalue weighted by atomic mass is 10.00. The zero-order valence-corrected chi connectivity index (χ0v) is 8.35. The summed E-state index contributed by atoms with van der Waals surface area (Å²) in [4.78, 5) is 15.0. The number of aromatic nitrogens is 1. The van der Waals surface area contributed by atoms with Gasteiger partial charge in [0.1, 0.15) is 5.82 Å². The zero-order valence-electron chi connectivity index (χ0n) is 8.35. The number of hydrogen-bond acceptors (Lipinski definition) is 2. The van der Waals surface area contributed by atoms with Gasteiger partial charge in [0, 0.05) is 23.5 Å². The molecule has 1 amide bonds. The lowest BCUT2D eigenvalue weighted by Crippen LogP contribution is -2.13. The Balaban J connectivity index is 2.68. The molecule has 0 fully saturated rings. The van der Waals surface area contributed by atoms with E-state index in [0.717, 1.165) is 0 Å². The monoisotopic (exact) mass is 216 g/mol. The molecule has 0 atom stereocenters. The van der Waals surface area contributed by atoms with Crippen LogP contribution in [0.15, 0.2) is 42.7 Å². The van der Waals surface area contributed by atoms with Crippen molar-refractivity contribution in [3.63, 3.8) is 0 Å². The van der Waals surface area contributed by atoms with Gasteiger partial charge in [-0.1, -0.05) is 6.07 Å². The summed E-state index contributed by atoms with van der Waals surface area (Å²) in [6, 6.07) is 7.51. The Morgan fingerprint density at radius 3 is 2.50 bits per heavy atom. The van der Waals surface area contributed by atoms with Crippen LogP contribution in [0.4, 0.5) is 4.39 Å². The van der Waals surface area contributed by atoms with Crippen molar-refractivity contribution in [2.24, 2.45) is 5.73 Å². The molecule has 4 heteroatoms. The fraction of sp³-hybridized carbons (Fsp3) is 0. The van der Waals surface area contributed by atoms with E-state index in [4.69, 9.17) is 5.73 Å². The molecule has 2 aromatic rings. The molecule has 1 aromatic carbocycles. The maximum Gasteiger partial charge on any atom is 0.249 e. The number of halogens is 1. The standard InChI is InChI=1S/C12H9FN2O/c13-10-3-1-2-9(12(14)16)11(10)8-4-6-15-7-5-8/h1-7H,(H2,14,16). The van der Waals surface area contributed by atoms with Crippen LogP contribution in [0, 0.1) is 5.82 Å². The first-order valence-corrected chi connectivity index (χ1v) is 4.69. The van der Waals surface area contributed by atoms with Gasteiger partial charge in [-0.15, -0.1) is 0 Å². The highest BCUT2D eigenvalue weighted by Crippen LogP contribution is 2.25. The van der Waals surface area contributed by atoms with Gasteiger partial charge < -0.3 is 5.73 Å². The largest absolute Gasteiger partial charge is 0.366 e. The summed E-state index contributed by atoms with van der Waals surface area (Å²) in [5, 5.41) is 0. The highest BCUT2D eigenvalue weighted by atomic mass is 19.1. The summed E-state index contributed by atoms with van der Waals surface area (Å²) >= 11 is 0. The second-order valence-electron chi connectivity index (χ2n) is 3.26.